The maximum Gasteiger partial charge on any atom is 0.308 e. The van der Waals surface area contributed by atoms with Gasteiger partial charge in [0.05, 0.1) is 19.2 Å². The molecule has 2 heterocycles. The van der Waals surface area contributed by atoms with Crippen LogP contribution in [-0.2, 0) is 9.53 Å². The van der Waals surface area contributed by atoms with Crippen LogP contribution in [0.2, 0.25) is 0 Å². The molecule has 2 N–H and O–H groups in total. The van der Waals surface area contributed by atoms with E-state index in [-0.39, 0.29) is 11.9 Å². The molecule has 0 aliphatic carbocycles. The number of methoxy groups -OCH3 is 1. The van der Waals surface area contributed by atoms with Crippen molar-refractivity contribution in [2.45, 2.75) is 12.8 Å². The van der Waals surface area contributed by atoms with E-state index >= 15 is 0 Å². The van der Waals surface area contributed by atoms with Gasteiger partial charge < -0.3 is 15.4 Å². The van der Waals surface area contributed by atoms with Gasteiger partial charge in [0.1, 0.15) is 4.60 Å². The molecule has 0 unspecified atom stereocenters. The third-order valence-electron chi connectivity index (χ3n) is 3.08. The third-order valence-corrected chi connectivity index (χ3v) is 3.46. The predicted molar refractivity (Wildman–Crippen MR) is 71.1 cm³/mol. The van der Waals surface area contributed by atoms with E-state index in [0.29, 0.717) is 16.2 Å². The molecule has 0 spiro atoms. The lowest BCUT2D eigenvalue weighted by Gasteiger charge is -2.31. The van der Waals surface area contributed by atoms with E-state index < -0.39 is 0 Å². The maximum atomic E-state index is 11.4. The van der Waals surface area contributed by atoms with Crippen molar-refractivity contribution in [2.75, 3.05) is 30.8 Å². The normalized spacial score (nSPS) is 16.7. The van der Waals surface area contributed by atoms with Crippen LogP contribution in [0.1, 0.15) is 12.8 Å². The summed E-state index contributed by atoms with van der Waals surface area (Å²) >= 11 is 3.28. The van der Waals surface area contributed by atoms with E-state index in [0.717, 1.165) is 25.9 Å². The van der Waals surface area contributed by atoms with Gasteiger partial charge in [-0.3, -0.25) is 4.79 Å². The zero-order valence-electron chi connectivity index (χ0n) is 10.1. The number of rotatable bonds is 2. The van der Waals surface area contributed by atoms with Crippen molar-refractivity contribution in [1.82, 2.24) is 9.97 Å². The van der Waals surface area contributed by atoms with E-state index in [1.165, 1.54) is 7.11 Å². The van der Waals surface area contributed by atoms with E-state index in [9.17, 15) is 4.79 Å². The van der Waals surface area contributed by atoms with Crippen molar-refractivity contribution >= 4 is 33.5 Å². The van der Waals surface area contributed by atoms with E-state index in [1.54, 1.807) is 6.20 Å². The van der Waals surface area contributed by atoms with Gasteiger partial charge in [-0.1, -0.05) is 0 Å². The summed E-state index contributed by atoms with van der Waals surface area (Å²) in [5, 5.41) is 0. The molecule has 2 rings (SSSR count). The van der Waals surface area contributed by atoms with Gasteiger partial charge in [-0.15, -0.1) is 0 Å². The van der Waals surface area contributed by atoms with Crippen LogP contribution in [-0.4, -0.2) is 36.1 Å². The molecule has 1 fully saturated rings. The van der Waals surface area contributed by atoms with E-state index in [4.69, 9.17) is 10.5 Å². The SMILES string of the molecule is COC(=O)C1CCN(c2nc(Br)cnc2N)CC1. The lowest BCUT2D eigenvalue weighted by Crippen LogP contribution is -2.37. The zero-order chi connectivity index (χ0) is 13.1. The Balaban J connectivity index is 2.05. The summed E-state index contributed by atoms with van der Waals surface area (Å²) in [4.78, 5) is 21.9. The molecule has 98 valence electrons. The number of hydrogen-bond acceptors (Lipinski definition) is 6. The Bertz CT molecular complexity index is 447. The summed E-state index contributed by atoms with van der Waals surface area (Å²) in [6.07, 6.45) is 3.07. The maximum absolute atomic E-state index is 11.4. The van der Waals surface area contributed by atoms with Crippen LogP contribution in [0.15, 0.2) is 10.8 Å². The first-order valence-corrected chi connectivity index (χ1v) is 6.52. The number of carbonyl (C=O) groups excluding carboxylic acids is 1. The highest BCUT2D eigenvalue weighted by molar-refractivity contribution is 9.10. The predicted octanol–water partition coefficient (Wildman–Crippen LogP) is 1.21. The van der Waals surface area contributed by atoms with Crippen molar-refractivity contribution in [3.8, 4) is 0 Å². The summed E-state index contributed by atoms with van der Waals surface area (Å²) in [6, 6.07) is 0. The summed E-state index contributed by atoms with van der Waals surface area (Å²) in [6.45, 7) is 1.46. The Morgan fingerprint density at radius 3 is 2.83 bits per heavy atom. The summed E-state index contributed by atoms with van der Waals surface area (Å²) in [5.74, 6) is 0.929. The molecule has 1 aromatic rings. The lowest BCUT2D eigenvalue weighted by atomic mass is 9.97. The molecule has 1 saturated heterocycles. The van der Waals surface area contributed by atoms with E-state index in [1.807, 2.05) is 4.90 Å². The van der Waals surface area contributed by atoms with Crippen molar-refractivity contribution in [3.05, 3.63) is 10.8 Å². The number of esters is 1. The molecule has 0 amide bonds. The minimum Gasteiger partial charge on any atom is -0.469 e. The summed E-state index contributed by atoms with van der Waals surface area (Å²) in [5.41, 5.74) is 5.81. The van der Waals surface area contributed by atoms with Gasteiger partial charge in [0, 0.05) is 13.1 Å². The lowest BCUT2D eigenvalue weighted by molar-refractivity contribution is -0.146. The molecule has 18 heavy (non-hydrogen) atoms. The largest absolute Gasteiger partial charge is 0.469 e. The van der Waals surface area contributed by atoms with Gasteiger partial charge in [-0.2, -0.15) is 0 Å². The van der Waals surface area contributed by atoms with Crippen LogP contribution in [0, 0.1) is 5.92 Å². The molecular formula is C11H15BrN4O2. The molecule has 1 aliphatic heterocycles. The molecule has 0 bridgehead atoms. The van der Waals surface area contributed by atoms with Crippen LogP contribution in [0.3, 0.4) is 0 Å². The van der Waals surface area contributed by atoms with Crippen molar-refractivity contribution < 1.29 is 9.53 Å². The number of halogens is 1. The Labute approximate surface area is 114 Å². The average Bonchev–Trinajstić information content (AvgIpc) is 2.41. The number of carbonyl (C=O) groups is 1. The van der Waals surface area contributed by atoms with Gasteiger partial charge in [0.15, 0.2) is 11.6 Å². The second-order valence-corrected chi connectivity index (χ2v) is 5.00. The van der Waals surface area contributed by atoms with Gasteiger partial charge in [-0.05, 0) is 28.8 Å². The first-order valence-electron chi connectivity index (χ1n) is 5.72. The molecule has 1 aliphatic rings. The van der Waals surface area contributed by atoms with Gasteiger partial charge in [-0.25, -0.2) is 9.97 Å². The number of nitrogen functional groups attached to an aromatic ring is 1. The molecule has 1 aromatic heterocycles. The number of nitrogens with two attached hydrogens (primary N) is 1. The topological polar surface area (TPSA) is 81.3 Å². The van der Waals surface area contributed by atoms with Crippen molar-refractivity contribution in [1.29, 1.82) is 0 Å². The fourth-order valence-electron chi connectivity index (χ4n) is 2.09. The minimum atomic E-state index is -0.136. The molecule has 0 saturated carbocycles. The highest BCUT2D eigenvalue weighted by atomic mass is 79.9. The number of nitrogens with zero attached hydrogens (tertiary/aromatic N) is 3. The Morgan fingerprint density at radius 1 is 1.56 bits per heavy atom. The van der Waals surface area contributed by atoms with Crippen molar-refractivity contribution in [2.24, 2.45) is 5.92 Å². The number of piperidine rings is 1. The van der Waals surface area contributed by atoms with Gasteiger partial charge >= 0.3 is 5.97 Å². The number of aromatic nitrogens is 2. The second kappa shape index (κ2) is 5.51. The third kappa shape index (κ3) is 2.72. The Kier molecular flexibility index (Phi) is 4.00. The first-order chi connectivity index (χ1) is 8.61. The minimum absolute atomic E-state index is 0.0208. The Morgan fingerprint density at radius 2 is 2.22 bits per heavy atom. The first kappa shape index (κ1) is 13.1. The second-order valence-electron chi connectivity index (χ2n) is 4.19. The molecule has 0 atom stereocenters. The molecule has 7 heteroatoms. The molecule has 0 aromatic carbocycles. The fraction of sp³-hybridized carbons (Fsp3) is 0.545. The van der Waals surface area contributed by atoms with Crippen LogP contribution >= 0.6 is 15.9 Å². The summed E-state index contributed by atoms with van der Waals surface area (Å²) < 4.78 is 5.41. The standard InChI is InChI=1S/C11H15BrN4O2/c1-18-11(17)7-2-4-16(5-3-7)10-9(13)14-6-8(12)15-10/h6-7H,2-5H2,1H3,(H2,13,14). The van der Waals surface area contributed by atoms with Crippen molar-refractivity contribution in [3.63, 3.8) is 0 Å². The smallest absolute Gasteiger partial charge is 0.308 e. The molecule has 0 radical (unpaired) electrons. The quantitative estimate of drug-likeness (QED) is 0.826. The number of ether oxygens (including phenoxy) is 1. The average molecular weight is 315 g/mol. The molecular weight excluding hydrogens is 300 g/mol. The van der Waals surface area contributed by atoms with Crippen LogP contribution in [0.25, 0.3) is 0 Å². The highest BCUT2D eigenvalue weighted by Crippen LogP contribution is 2.26. The van der Waals surface area contributed by atoms with Gasteiger partial charge in [0.25, 0.3) is 0 Å². The molecule has 6 nitrogen and oxygen atoms in total. The van der Waals surface area contributed by atoms with Gasteiger partial charge in [0.2, 0.25) is 0 Å². The number of hydrogen-bond donors (Lipinski definition) is 1. The monoisotopic (exact) mass is 314 g/mol. The zero-order valence-corrected chi connectivity index (χ0v) is 11.7. The van der Waals surface area contributed by atoms with Crippen LogP contribution in [0.4, 0.5) is 11.6 Å². The Hall–Kier alpha value is -1.37. The highest BCUT2D eigenvalue weighted by Gasteiger charge is 2.27. The number of anilines is 2. The summed E-state index contributed by atoms with van der Waals surface area (Å²) in [7, 11) is 1.42. The fourth-order valence-corrected chi connectivity index (χ4v) is 2.36. The van der Waals surface area contributed by atoms with Crippen LogP contribution < -0.4 is 10.6 Å². The van der Waals surface area contributed by atoms with Crippen LogP contribution in [0.5, 0.6) is 0 Å². The van der Waals surface area contributed by atoms with E-state index in [2.05, 4.69) is 25.9 Å².